The Morgan fingerprint density at radius 3 is 2.67 bits per heavy atom. The summed E-state index contributed by atoms with van der Waals surface area (Å²) in [5.41, 5.74) is 1.65. The molecule has 1 aliphatic heterocycles. The van der Waals surface area contributed by atoms with Gasteiger partial charge in [-0.25, -0.2) is 0 Å². The molecule has 0 radical (unpaired) electrons. The van der Waals surface area contributed by atoms with Gasteiger partial charge in [0.15, 0.2) is 0 Å². The fraction of sp³-hybridized carbons (Fsp3) is 0.385. The number of aryl methyl sites for hydroxylation is 1. The van der Waals surface area contributed by atoms with Crippen molar-refractivity contribution in [2.24, 2.45) is 0 Å². The van der Waals surface area contributed by atoms with Crippen LogP contribution < -0.4 is 0 Å². The monoisotopic (exact) mass is 310 g/mol. The molecule has 0 aromatic heterocycles. The third-order valence-corrected chi connectivity index (χ3v) is 4.04. The van der Waals surface area contributed by atoms with Crippen LogP contribution in [-0.4, -0.2) is 48.3 Å². The van der Waals surface area contributed by atoms with Crippen LogP contribution in [0, 0.1) is 6.92 Å². The predicted molar refractivity (Wildman–Crippen MR) is 72.4 cm³/mol. The Hall–Kier alpha value is -1.36. The van der Waals surface area contributed by atoms with Crippen LogP contribution in [0.2, 0.25) is 0 Å². The highest BCUT2D eigenvalue weighted by Gasteiger charge is 2.25. The van der Waals surface area contributed by atoms with Gasteiger partial charge < -0.3 is 9.80 Å². The van der Waals surface area contributed by atoms with E-state index in [9.17, 15) is 9.59 Å². The maximum absolute atomic E-state index is 12.3. The number of nitrogens with zero attached hydrogens (tertiary/aromatic N) is 2. The van der Waals surface area contributed by atoms with Gasteiger partial charge in [0.1, 0.15) is 6.54 Å². The van der Waals surface area contributed by atoms with Gasteiger partial charge in [0.2, 0.25) is 5.91 Å². The van der Waals surface area contributed by atoms with E-state index < -0.39 is 0 Å². The zero-order valence-corrected chi connectivity index (χ0v) is 12.0. The first-order valence-corrected chi connectivity index (χ1v) is 6.57. The molecule has 0 N–H and O–H groups in total. The molecule has 1 aliphatic rings. The van der Waals surface area contributed by atoms with Crippen molar-refractivity contribution < 1.29 is 9.59 Å². The number of likely N-dealkylation sites (N-methyl/N-ethyl adjacent to an activating group) is 1. The van der Waals surface area contributed by atoms with Gasteiger partial charge in [-0.05, 0) is 30.7 Å². The standard InChI is InChI=1S/C13H15BrN2O2/c1-9-7-10(3-4-11(9)14)13(18)16-6-5-15(2)12(17)8-16/h3-4,7H,5-6,8H2,1-2H3. The van der Waals surface area contributed by atoms with E-state index >= 15 is 0 Å². The number of piperazine rings is 1. The van der Waals surface area contributed by atoms with Gasteiger partial charge in [-0.2, -0.15) is 0 Å². The molecular formula is C13H15BrN2O2. The van der Waals surface area contributed by atoms with Crippen LogP contribution in [-0.2, 0) is 4.79 Å². The molecule has 0 unspecified atom stereocenters. The fourth-order valence-electron chi connectivity index (χ4n) is 1.89. The minimum absolute atomic E-state index is 0.0107. The molecule has 1 aromatic rings. The van der Waals surface area contributed by atoms with Gasteiger partial charge in [-0.15, -0.1) is 0 Å². The second-order valence-electron chi connectivity index (χ2n) is 4.51. The molecule has 1 aromatic carbocycles. The van der Waals surface area contributed by atoms with Crippen molar-refractivity contribution in [2.45, 2.75) is 6.92 Å². The van der Waals surface area contributed by atoms with E-state index in [0.29, 0.717) is 18.7 Å². The molecule has 0 bridgehead atoms. The van der Waals surface area contributed by atoms with Crippen molar-refractivity contribution in [2.75, 3.05) is 26.7 Å². The SMILES string of the molecule is Cc1cc(C(=O)N2CCN(C)C(=O)C2)ccc1Br. The van der Waals surface area contributed by atoms with Gasteiger partial charge in [0.25, 0.3) is 5.91 Å². The van der Waals surface area contributed by atoms with Crippen LogP contribution in [0.4, 0.5) is 0 Å². The maximum atomic E-state index is 12.3. The number of hydrogen-bond donors (Lipinski definition) is 0. The molecule has 0 saturated carbocycles. The number of carbonyl (C=O) groups excluding carboxylic acids is 2. The Morgan fingerprint density at radius 2 is 2.06 bits per heavy atom. The van der Waals surface area contributed by atoms with Crippen molar-refractivity contribution in [3.05, 3.63) is 33.8 Å². The minimum atomic E-state index is -0.0768. The average molecular weight is 311 g/mol. The van der Waals surface area contributed by atoms with Gasteiger partial charge in [-0.3, -0.25) is 9.59 Å². The largest absolute Gasteiger partial charge is 0.342 e. The second kappa shape index (κ2) is 5.10. The van der Waals surface area contributed by atoms with E-state index in [1.807, 2.05) is 19.1 Å². The van der Waals surface area contributed by atoms with Gasteiger partial charge in [-0.1, -0.05) is 15.9 Å². The number of hydrogen-bond acceptors (Lipinski definition) is 2. The van der Waals surface area contributed by atoms with Crippen molar-refractivity contribution >= 4 is 27.7 Å². The number of benzene rings is 1. The normalized spacial score (nSPS) is 16.1. The lowest BCUT2D eigenvalue weighted by Crippen LogP contribution is -2.50. The van der Waals surface area contributed by atoms with Crippen LogP contribution in [0.5, 0.6) is 0 Å². The highest BCUT2D eigenvalue weighted by Crippen LogP contribution is 2.18. The topological polar surface area (TPSA) is 40.6 Å². The Morgan fingerprint density at radius 1 is 1.33 bits per heavy atom. The average Bonchev–Trinajstić information content (AvgIpc) is 2.35. The van der Waals surface area contributed by atoms with Gasteiger partial charge in [0.05, 0.1) is 0 Å². The Balaban J connectivity index is 2.16. The van der Waals surface area contributed by atoms with Crippen LogP contribution in [0.1, 0.15) is 15.9 Å². The van der Waals surface area contributed by atoms with E-state index in [1.165, 1.54) is 0 Å². The quantitative estimate of drug-likeness (QED) is 0.791. The number of halogens is 1. The summed E-state index contributed by atoms with van der Waals surface area (Å²) >= 11 is 3.41. The molecule has 0 spiro atoms. The molecule has 4 nitrogen and oxygen atoms in total. The molecule has 96 valence electrons. The van der Waals surface area contributed by atoms with E-state index in [1.54, 1.807) is 22.9 Å². The lowest BCUT2D eigenvalue weighted by atomic mass is 10.1. The van der Waals surface area contributed by atoms with Crippen LogP contribution in [0.3, 0.4) is 0 Å². The number of carbonyl (C=O) groups is 2. The molecule has 0 aliphatic carbocycles. The first-order valence-electron chi connectivity index (χ1n) is 5.78. The Labute approximate surface area is 115 Å². The van der Waals surface area contributed by atoms with Gasteiger partial charge in [0, 0.05) is 30.2 Å². The third-order valence-electron chi connectivity index (χ3n) is 3.15. The summed E-state index contributed by atoms with van der Waals surface area (Å²) < 4.78 is 0.980. The lowest BCUT2D eigenvalue weighted by molar-refractivity contribution is -0.133. The van der Waals surface area contributed by atoms with E-state index in [2.05, 4.69) is 15.9 Å². The summed E-state index contributed by atoms with van der Waals surface area (Å²) in [7, 11) is 1.76. The first-order chi connectivity index (χ1) is 8.49. The van der Waals surface area contributed by atoms with Gasteiger partial charge >= 0.3 is 0 Å². The second-order valence-corrected chi connectivity index (χ2v) is 5.36. The summed E-state index contributed by atoms with van der Waals surface area (Å²) in [6, 6.07) is 5.48. The molecule has 1 heterocycles. The van der Waals surface area contributed by atoms with Crippen LogP contribution in [0.25, 0.3) is 0 Å². The molecule has 5 heteroatoms. The number of rotatable bonds is 1. The van der Waals surface area contributed by atoms with Crippen LogP contribution >= 0.6 is 15.9 Å². The molecule has 2 rings (SSSR count). The fourth-order valence-corrected chi connectivity index (χ4v) is 2.14. The van der Waals surface area contributed by atoms with Crippen molar-refractivity contribution in [1.29, 1.82) is 0 Å². The van der Waals surface area contributed by atoms with Crippen LogP contribution in [0.15, 0.2) is 22.7 Å². The molecule has 18 heavy (non-hydrogen) atoms. The predicted octanol–water partition coefficient (Wildman–Crippen LogP) is 1.67. The molecule has 1 fully saturated rings. The maximum Gasteiger partial charge on any atom is 0.254 e. The summed E-state index contributed by atoms with van der Waals surface area (Å²) in [6.07, 6.45) is 0. The third kappa shape index (κ3) is 2.56. The Bertz CT molecular complexity index is 502. The minimum Gasteiger partial charge on any atom is -0.342 e. The van der Waals surface area contributed by atoms with E-state index in [0.717, 1.165) is 10.0 Å². The summed E-state index contributed by atoms with van der Waals surface area (Å²) in [5, 5.41) is 0. The summed E-state index contributed by atoms with van der Waals surface area (Å²) in [5.74, 6) is -0.0875. The van der Waals surface area contributed by atoms with E-state index in [-0.39, 0.29) is 18.4 Å². The molecule has 1 saturated heterocycles. The Kier molecular flexibility index (Phi) is 3.71. The zero-order chi connectivity index (χ0) is 13.3. The van der Waals surface area contributed by atoms with Crippen molar-refractivity contribution in [3.8, 4) is 0 Å². The van der Waals surface area contributed by atoms with Crippen molar-refractivity contribution in [1.82, 2.24) is 9.80 Å². The number of amides is 2. The lowest BCUT2D eigenvalue weighted by Gasteiger charge is -2.32. The summed E-state index contributed by atoms with van der Waals surface area (Å²) in [4.78, 5) is 27.1. The first kappa shape index (κ1) is 13.1. The van der Waals surface area contributed by atoms with Crippen molar-refractivity contribution in [3.63, 3.8) is 0 Å². The smallest absolute Gasteiger partial charge is 0.254 e. The molecule has 2 amide bonds. The molecular weight excluding hydrogens is 296 g/mol. The van der Waals surface area contributed by atoms with E-state index in [4.69, 9.17) is 0 Å². The highest BCUT2D eigenvalue weighted by molar-refractivity contribution is 9.10. The molecule has 0 atom stereocenters. The zero-order valence-electron chi connectivity index (χ0n) is 10.4. The highest BCUT2D eigenvalue weighted by atomic mass is 79.9. The summed E-state index contributed by atoms with van der Waals surface area (Å²) in [6.45, 7) is 3.30.